The number of carbonyl (C=O) groups is 2. The normalized spacial score (nSPS) is 16.7. The van der Waals surface area contributed by atoms with Crippen molar-refractivity contribution in [2.75, 3.05) is 18.4 Å². The van der Waals surface area contributed by atoms with Crippen LogP contribution in [-0.4, -0.2) is 44.4 Å². The number of amides is 2. The Morgan fingerprint density at radius 3 is 2.86 bits per heavy atom. The highest BCUT2D eigenvalue weighted by Crippen LogP contribution is 2.27. The molecule has 144 valence electrons. The zero-order valence-corrected chi connectivity index (χ0v) is 15.9. The number of fused-ring (bicyclic) bond motifs is 1. The number of carbonyl (C=O) groups excluding carboxylic acids is 2. The molecule has 8 nitrogen and oxygen atoms in total. The van der Waals surface area contributed by atoms with Crippen LogP contribution >= 0.6 is 11.6 Å². The van der Waals surface area contributed by atoms with E-state index < -0.39 is 5.91 Å². The van der Waals surface area contributed by atoms with Crippen molar-refractivity contribution in [2.45, 2.75) is 19.3 Å². The van der Waals surface area contributed by atoms with E-state index in [1.165, 1.54) is 16.8 Å². The number of anilines is 1. The third-order valence-electron chi connectivity index (χ3n) is 4.90. The number of aromatic nitrogens is 3. The second kappa shape index (κ2) is 7.12. The monoisotopic (exact) mass is 399 g/mol. The molecular weight excluding hydrogens is 382 g/mol. The highest BCUT2D eigenvalue weighted by atomic mass is 35.5. The summed E-state index contributed by atoms with van der Waals surface area (Å²) in [5, 5.41) is 5.89. The molecule has 2 amide bonds. The molecule has 0 aliphatic carbocycles. The topological polar surface area (TPSA) is 99.6 Å². The van der Waals surface area contributed by atoms with Gasteiger partial charge < -0.3 is 10.2 Å². The number of nitrogens with zero attached hydrogens (tertiary/aromatic N) is 3. The summed E-state index contributed by atoms with van der Waals surface area (Å²) in [6.07, 6.45) is 1.74. The first kappa shape index (κ1) is 18.2. The van der Waals surface area contributed by atoms with Crippen LogP contribution in [0, 0.1) is 0 Å². The lowest BCUT2D eigenvalue weighted by atomic mass is 10.0. The summed E-state index contributed by atoms with van der Waals surface area (Å²) in [7, 11) is 0. The largest absolute Gasteiger partial charge is 0.342 e. The standard InChI is InChI=1S/C19H18ClN5O3/c1-2-24-10-11(7-16(24)26)15-8-17(27)25-18(22-15)12(9-21-25)19(28)23-14-6-4-3-5-13(14)20/h3-6,8-9,11,21H,2,7,10H2,1H3,(H,23,28). The van der Waals surface area contributed by atoms with E-state index in [2.05, 4.69) is 15.4 Å². The number of rotatable bonds is 4. The van der Waals surface area contributed by atoms with Gasteiger partial charge in [0.05, 0.1) is 16.4 Å². The molecule has 1 fully saturated rings. The van der Waals surface area contributed by atoms with E-state index in [1.54, 1.807) is 29.2 Å². The van der Waals surface area contributed by atoms with Gasteiger partial charge in [0.25, 0.3) is 11.5 Å². The zero-order valence-electron chi connectivity index (χ0n) is 15.1. The number of hydrogen-bond acceptors (Lipinski definition) is 4. The fraction of sp³-hybridized carbons (Fsp3) is 0.263. The maximum atomic E-state index is 12.7. The van der Waals surface area contributed by atoms with Crippen molar-refractivity contribution < 1.29 is 9.59 Å². The Morgan fingerprint density at radius 1 is 1.36 bits per heavy atom. The average Bonchev–Trinajstić information content (AvgIpc) is 3.27. The minimum atomic E-state index is -0.436. The van der Waals surface area contributed by atoms with Crippen molar-refractivity contribution in [2.24, 2.45) is 0 Å². The van der Waals surface area contributed by atoms with E-state index in [0.29, 0.717) is 35.9 Å². The lowest BCUT2D eigenvalue weighted by molar-refractivity contribution is -0.127. The van der Waals surface area contributed by atoms with Crippen LogP contribution in [0.1, 0.15) is 35.3 Å². The molecule has 2 N–H and O–H groups in total. The first-order valence-electron chi connectivity index (χ1n) is 8.92. The fourth-order valence-electron chi connectivity index (χ4n) is 3.40. The Hall–Kier alpha value is -3.13. The molecule has 1 unspecified atom stereocenters. The molecule has 28 heavy (non-hydrogen) atoms. The number of aromatic amines is 1. The van der Waals surface area contributed by atoms with Gasteiger partial charge in [0.15, 0.2) is 5.65 Å². The lowest BCUT2D eigenvalue weighted by Gasteiger charge is -2.13. The van der Waals surface area contributed by atoms with E-state index in [1.807, 2.05) is 6.92 Å². The molecule has 1 atom stereocenters. The van der Waals surface area contributed by atoms with E-state index in [-0.39, 0.29) is 28.6 Å². The quantitative estimate of drug-likeness (QED) is 0.702. The third kappa shape index (κ3) is 3.16. The maximum Gasteiger partial charge on any atom is 0.272 e. The molecule has 1 aromatic carbocycles. The summed E-state index contributed by atoms with van der Waals surface area (Å²) in [5.74, 6) is -0.562. The predicted octanol–water partition coefficient (Wildman–Crippen LogP) is 2.26. The van der Waals surface area contributed by atoms with Gasteiger partial charge in [-0.15, -0.1) is 0 Å². The molecule has 0 bridgehead atoms. The Morgan fingerprint density at radius 2 is 2.14 bits per heavy atom. The summed E-state index contributed by atoms with van der Waals surface area (Å²) < 4.78 is 1.21. The first-order chi connectivity index (χ1) is 13.5. The van der Waals surface area contributed by atoms with Crippen molar-refractivity contribution in [1.29, 1.82) is 0 Å². The number of likely N-dealkylation sites (N-methyl/N-ethyl adjacent to an activating group) is 1. The van der Waals surface area contributed by atoms with Crippen LogP contribution in [0.4, 0.5) is 5.69 Å². The van der Waals surface area contributed by atoms with Gasteiger partial charge in [-0.2, -0.15) is 0 Å². The first-order valence-corrected chi connectivity index (χ1v) is 9.30. The molecule has 4 rings (SSSR count). The minimum absolute atomic E-state index is 0.0419. The molecule has 0 saturated carbocycles. The van der Waals surface area contributed by atoms with Gasteiger partial charge in [-0.25, -0.2) is 9.50 Å². The van der Waals surface area contributed by atoms with Crippen molar-refractivity contribution in [1.82, 2.24) is 19.5 Å². The van der Waals surface area contributed by atoms with E-state index in [0.717, 1.165) is 0 Å². The molecule has 1 saturated heterocycles. The number of H-pyrrole nitrogens is 1. The van der Waals surface area contributed by atoms with Gasteiger partial charge in [0, 0.05) is 37.7 Å². The van der Waals surface area contributed by atoms with E-state index >= 15 is 0 Å². The maximum absolute atomic E-state index is 12.7. The summed E-state index contributed by atoms with van der Waals surface area (Å²) in [6, 6.07) is 8.29. The predicted molar refractivity (Wildman–Crippen MR) is 105 cm³/mol. The number of hydrogen-bond donors (Lipinski definition) is 2. The molecular formula is C19H18ClN5O3. The second-order valence-corrected chi connectivity index (χ2v) is 7.04. The molecule has 0 radical (unpaired) electrons. The molecule has 3 heterocycles. The average molecular weight is 400 g/mol. The van der Waals surface area contributed by atoms with Crippen molar-refractivity contribution in [3.63, 3.8) is 0 Å². The highest BCUT2D eigenvalue weighted by molar-refractivity contribution is 6.34. The summed E-state index contributed by atoms with van der Waals surface area (Å²) >= 11 is 6.10. The number of likely N-dealkylation sites (tertiary alicyclic amines) is 1. The number of halogens is 1. The van der Waals surface area contributed by atoms with Gasteiger partial charge in [-0.3, -0.25) is 19.5 Å². The van der Waals surface area contributed by atoms with Crippen LogP contribution in [0.2, 0.25) is 5.02 Å². The Bertz CT molecular complexity index is 1140. The molecule has 3 aromatic rings. The van der Waals surface area contributed by atoms with Crippen LogP contribution in [0.3, 0.4) is 0 Å². The van der Waals surface area contributed by atoms with E-state index in [9.17, 15) is 14.4 Å². The van der Waals surface area contributed by atoms with Crippen LogP contribution in [-0.2, 0) is 4.79 Å². The highest BCUT2D eigenvalue weighted by Gasteiger charge is 2.31. The van der Waals surface area contributed by atoms with Gasteiger partial charge in [0.1, 0.15) is 5.56 Å². The van der Waals surface area contributed by atoms with E-state index in [4.69, 9.17) is 11.6 Å². The van der Waals surface area contributed by atoms with Crippen LogP contribution in [0.15, 0.2) is 41.3 Å². The second-order valence-electron chi connectivity index (χ2n) is 6.63. The Kier molecular flexibility index (Phi) is 4.64. The van der Waals surface area contributed by atoms with Crippen molar-refractivity contribution in [3.05, 3.63) is 63.2 Å². The van der Waals surface area contributed by atoms with Gasteiger partial charge >= 0.3 is 0 Å². The van der Waals surface area contributed by atoms with Crippen LogP contribution in [0.5, 0.6) is 0 Å². The third-order valence-corrected chi connectivity index (χ3v) is 5.23. The summed E-state index contributed by atoms with van der Waals surface area (Å²) in [6.45, 7) is 3.05. The van der Waals surface area contributed by atoms with Gasteiger partial charge in [-0.1, -0.05) is 23.7 Å². The summed E-state index contributed by atoms with van der Waals surface area (Å²) in [4.78, 5) is 43.5. The SMILES string of the molecule is CCN1CC(c2cc(=O)n3[nH]cc(C(=O)Nc4ccccc4Cl)c3n2)CC1=O. The van der Waals surface area contributed by atoms with Gasteiger partial charge in [-0.05, 0) is 19.1 Å². The number of para-hydroxylation sites is 1. The molecule has 0 spiro atoms. The molecule has 9 heteroatoms. The van der Waals surface area contributed by atoms with Crippen LogP contribution in [0.25, 0.3) is 5.65 Å². The number of benzene rings is 1. The molecule has 2 aromatic heterocycles. The Labute approximate surface area is 165 Å². The van der Waals surface area contributed by atoms with Crippen molar-refractivity contribution >= 4 is 34.7 Å². The Balaban J connectivity index is 1.70. The minimum Gasteiger partial charge on any atom is -0.342 e. The molecule has 1 aliphatic heterocycles. The van der Waals surface area contributed by atoms with Gasteiger partial charge in [0.2, 0.25) is 5.91 Å². The van der Waals surface area contributed by atoms with Crippen LogP contribution < -0.4 is 10.9 Å². The number of nitrogens with one attached hydrogen (secondary N) is 2. The van der Waals surface area contributed by atoms with Crippen molar-refractivity contribution in [3.8, 4) is 0 Å². The smallest absolute Gasteiger partial charge is 0.272 e. The zero-order chi connectivity index (χ0) is 19.8. The molecule has 1 aliphatic rings. The lowest BCUT2D eigenvalue weighted by Crippen LogP contribution is -2.24. The summed E-state index contributed by atoms with van der Waals surface area (Å²) in [5.41, 5.74) is 1.08. The fourth-order valence-corrected chi connectivity index (χ4v) is 3.59.